The van der Waals surface area contributed by atoms with Crippen LogP contribution in [0.2, 0.25) is 0 Å². The molecule has 2 aliphatic rings. The molecule has 2 aliphatic heterocycles. The average Bonchev–Trinajstić information content (AvgIpc) is 2.83. The van der Waals surface area contributed by atoms with E-state index in [0.717, 1.165) is 26.2 Å². The number of carbonyl (C=O) groups excluding carboxylic acids is 1. The summed E-state index contributed by atoms with van der Waals surface area (Å²) in [6.45, 7) is 10.8. The number of likely N-dealkylation sites (tertiary alicyclic amines) is 2. The number of urea groups is 1. The highest BCUT2D eigenvalue weighted by atomic mass is 16.2. The summed E-state index contributed by atoms with van der Waals surface area (Å²) in [6.07, 6.45) is 4.80. The van der Waals surface area contributed by atoms with Crippen LogP contribution in [0.3, 0.4) is 0 Å². The number of amides is 2. The highest BCUT2D eigenvalue weighted by molar-refractivity contribution is 5.75. The Balaban J connectivity index is 1.82. The quantitative estimate of drug-likeness (QED) is 0.689. The molecule has 2 heterocycles. The summed E-state index contributed by atoms with van der Waals surface area (Å²) in [4.78, 5) is 16.3. The molecule has 3 nitrogen and oxygen atoms in total. The van der Waals surface area contributed by atoms with Crippen LogP contribution < -0.4 is 0 Å². The molecule has 3 heteroatoms. The van der Waals surface area contributed by atoms with Crippen molar-refractivity contribution in [1.82, 2.24) is 9.80 Å². The van der Waals surface area contributed by atoms with E-state index in [9.17, 15) is 4.79 Å². The van der Waals surface area contributed by atoms with Gasteiger partial charge in [0.2, 0.25) is 0 Å². The van der Waals surface area contributed by atoms with Crippen molar-refractivity contribution in [3.05, 3.63) is 0 Å². The maximum Gasteiger partial charge on any atom is 0.320 e. The van der Waals surface area contributed by atoms with Gasteiger partial charge in [-0.05, 0) is 37.0 Å². The molecule has 0 saturated carbocycles. The highest BCUT2D eigenvalue weighted by Gasteiger charge is 2.32. The second kappa shape index (κ2) is 4.87. The number of hydrogen-bond acceptors (Lipinski definition) is 1. The van der Waals surface area contributed by atoms with Crippen molar-refractivity contribution in [3.63, 3.8) is 0 Å². The lowest BCUT2D eigenvalue weighted by molar-refractivity contribution is 0.169. The van der Waals surface area contributed by atoms with E-state index >= 15 is 0 Å². The second-order valence-electron chi connectivity index (χ2n) is 6.84. The van der Waals surface area contributed by atoms with E-state index in [2.05, 4.69) is 25.7 Å². The summed E-state index contributed by atoms with van der Waals surface area (Å²) in [6, 6.07) is 0.291. The van der Waals surface area contributed by atoms with Crippen LogP contribution in [0.4, 0.5) is 4.79 Å². The fraction of sp³-hybridized carbons (Fsp3) is 0.929. The number of nitrogens with zero attached hydrogens (tertiary/aromatic N) is 2. The molecule has 0 aromatic heterocycles. The van der Waals surface area contributed by atoms with Gasteiger partial charge in [0.25, 0.3) is 0 Å². The maximum atomic E-state index is 12.2. The molecule has 2 saturated heterocycles. The molecule has 0 N–H and O–H groups in total. The van der Waals surface area contributed by atoms with Gasteiger partial charge in [0, 0.05) is 26.2 Å². The van der Waals surface area contributed by atoms with Crippen molar-refractivity contribution in [2.24, 2.45) is 11.3 Å². The Kier molecular flexibility index (Phi) is 3.64. The standard InChI is InChI=1S/C14H26N2O/c1-14(2,3)10-12-6-9-16(11-12)13(17)15-7-4-5-8-15/h12H,4-11H2,1-3H3. The lowest BCUT2D eigenvalue weighted by Crippen LogP contribution is -2.40. The van der Waals surface area contributed by atoms with Gasteiger partial charge in [0.05, 0.1) is 0 Å². The van der Waals surface area contributed by atoms with Gasteiger partial charge in [-0.25, -0.2) is 4.79 Å². The molecule has 0 aromatic rings. The second-order valence-corrected chi connectivity index (χ2v) is 6.84. The Bertz CT molecular complexity index is 276. The first-order chi connectivity index (χ1) is 7.96. The van der Waals surface area contributed by atoms with Crippen molar-refractivity contribution >= 4 is 6.03 Å². The van der Waals surface area contributed by atoms with E-state index in [1.165, 1.54) is 25.7 Å². The summed E-state index contributed by atoms with van der Waals surface area (Å²) in [5.41, 5.74) is 0.386. The van der Waals surface area contributed by atoms with Crippen molar-refractivity contribution in [1.29, 1.82) is 0 Å². The smallest absolute Gasteiger partial charge is 0.320 e. The SMILES string of the molecule is CC(C)(C)CC1CCN(C(=O)N2CCCC2)C1. The largest absolute Gasteiger partial charge is 0.325 e. The fourth-order valence-corrected chi connectivity index (χ4v) is 3.15. The van der Waals surface area contributed by atoms with Crippen LogP contribution in [-0.4, -0.2) is 42.0 Å². The minimum absolute atomic E-state index is 0.291. The third kappa shape index (κ3) is 3.36. The third-order valence-corrected chi connectivity index (χ3v) is 3.83. The monoisotopic (exact) mass is 238 g/mol. The van der Waals surface area contributed by atoms with Gasteiger partial charge in [-0.2, -0.15) is 0 Å². The zero-order valence-electron chi connectivity index (χ0n) is 11.5. The van der Waals surface area contributed by atoms with Crippen LogP contribution in [0.5, 0.6) is 0 Å². The van der Waals surface area contributed by atoms with E-state index in [1.807, 2.05) is 4.90 Å². The maximum absolute atomic E-state index is 12.2. The van der Waals surface area contributed by atoms with E-state index < -0.39 is 0 Å². The molecule has 1 atom stereocenters. The average molecular weight is 238 g/mol. The first-order valence-corrected chi connectivity index (χ1v) is 6.99. The Hall–Kier alpha value is -0.730. The minimum Gasteiger partial charge on any atom is -0.325 e. The highest BCUT2D eigenvalue weighted by Crippen LogP contribution is 2.30. The third-order valence-electron chi connectivity index (χ3n) is 3.83. The normalized spacial score (nSPS) is 25.7. The summed E-state index contributed by atoms with van der Waals surface area (Å²) >= 11 is 0. The van der Waals surface area contributed by atoms with E-state index in [4.69, 9.17) is 0 Å². The summed E-state index contributed by atoms with van der Waals surface area (Å²) in [7, 11) is 0. The zero-order valence-corrected chi connectivity index (χ0v) is 11.5. The molecular formula is C14H26N2O. The first-order valence-electron chi connectivity index (χ1n) is 6.99. The van der Waals surface area contributed by atoms with E-state index in [-0.39, 0.29) is 0 Å². The molecule has 0 radical (unpaired) electrons. The Labute approximate surface area is 105 Å². The molecular weight excluding hydrogens is 212 g/mol. The Morgan fingerprint density at radius 2 is 1.76 bits per heavy atom. The Morgan fingerprint density at radius 1 is 1.12 bits per heavy atom. The molecule has 0 spiro atoms. The van der Waals surface area contributed by atoms with Crippen LogP contribution in [0.1, 0.15) is 46.5 Å². The van der Waals surface area contributed by atoms with Crippen LogP contribution in [0.15, 0.2) is 0 Å². The van der Waals surface area contributed by atoms with Crippen molar-refractivity contribution < 1.29 is 4.79 Å². The van der Waals surface area contributed by atoms with E-state index in [1.54, 1.807) is 0 Å². The molecule has 0 bridgehead atoms. The van der Waals surface area contributed by atoms with Crippen molar-refractivity contribution in [2.75, 3.05) is 26.2 Å². The lowest BCUT2D eigenvalue weighted by atomic mass is 9.84. The number of carbonyl (C=O) groups is 1. The van der Waals surface area contributed by atoms with Crippen LogP contribution in [-0.2, 0) is 0 Å². The van der Waals surface area contributed by atoms with Crippen LogP contribution in [0.25, 0.3) is 0 Å². The van der Waals surface area contributed by atoms with Gasteiger partial charge in [-0.3, -0.25) is 0 Å². The van der Waals surface area contributed by atoms with Crippen LogP contribution >= 0.6 is 0 Å². The van der Waals surface area contributed by atoms with Crippen molar-refractivity contribution in [3.8, 4) is 0 Å². The molecule has 98 valence electrons. The zero-order chi connectivity index (χ0) is 12.5. The topological polar surface area (TPSA) is 23.6 Å². The molecule has 0 aromatic carbocycles. The van der Waals surface area contributed by atoms with Gasteiger partial charge in [-0.1, -0.05) is 20.8 Å². The van der Waals surface area contributed by atoms with Gasteiger partial charge < -0.3 is 9.80 Å². The summed E-state index contributed by atoms with van der Waals surface area (Å²) in [5, 5.41) is 0. The van der Waals surface area contributed by atoms with E-state index in [0.29, 0.717) is 17.4 Å². The Morgan fingerprint density at radius 3 is 2.35 bits per heavy atom. The molecule has 0 aliphatic carbocycles. The van der Waals surface area contributed by atoms with Crippen LogP contribution in [0, 0.1) is 11.3 Å². The molecule has 17 heavy (non-hydrogen) atoms. The number of hydrogen-bond donors (Lipinski definition) is 0. The van der Waals surface area contributed by atoms with Crippen molar-refractivity contribution in [2.45, 2.75) is 46.5 Å². The van der Waals surface area contributed by atoms with Gasteiger partial charge in [0.15, 0.2) is 0 Å². The molecule has 2 fully saturated rings. The first kappa shape index (κ1) is 12.7. The van der Waals surface area contributed by atoms with Gasteiger partial charge in [-0.15, -0.1) is 0 Å². The predicted molar refractivity (Wildman–Crippen MR) is 70.0 cm³/mol. The molecule has 2 amide bonds. The lowest BCUT2D eigenvalue weighted by Gasteiger charge is -2.25. The van der Waals surface area contributed by atoms with Gasteiger partial charge >= 0.3 is 6.03 Å². The minimum atomic E-state index is 0.291. The predicted octanol–water partition coefficient (Wildman–Crippen LogP) is 2.96. The molecule has 2 rings (SSSR count). The molecule has 1 unspecified atom stereocenters. The summed E-state index contributed by atoms with van der Waals surface area (Å²) in [5.74, 6) is 0.710. The number of rotatable bonds is 1. The van der Waals surface area contributed by atoms with Gasteiger partial charge in [0.1, 0.15) is 0 Å². The fourth-order valence-electron chi connectivity index (χ4n) is 3.15. The summed E-state index contributed by atoms with van der Waals surface area (Å²) < 4.78 is 0.